The lowest BCUT2D eigenvalue weighted by Gasteiger charge is -2.12. The van der Waals surface area contributed by atoms with Crippen LogP contribution < -0.4 is 0 Å². The first-order chi connectivity index (χ1) is 10.4. The van der Waals surface area contributed by atoms with Crippen molar-refractivity contribution < 1.29 is 0 Å². The number of rotatable bonds is 12. The predicted octanol–water partition coefficient (Wildman–Crippen LogP) is 5.81. The lowest BCUT2D eigenvalue weighted by Crippen LogP contribution is -2.06. The van der Waals surface area contributed by atoms with Gasteiger partial charge in [0.25, 0.3) is 0 Å². The average Bonchev–Trinajstić information content (AvgIpc) is 2.53. The second-order valence-corrected chi connectivity index (χ2v) is 5.89. The third-order valence-electron chi connectivity index (χ3n) is 3.89. The normalized spacial score (nSPS) is 11.6. The van der Waals surface area contributed by atoms with Crippen molar-refractivity contribution in [1.82, 2.24) is 4.98 Å². The summed E-state index contributed by atoms with van der Waals surface area (Å²) >= 11 is 0. The van der Waals surface area contributed by atoms with Crippen LogP contribution in [0.3, 0.4) is 0 Å². The Kier molecular flexibility index (Phi) is 10.7. The van der Waals surface area contributed by atoms with Crippen LogP contribution in [-0.4, -0.2) is 17.2 Å². The molecule has 0 aliphatic carbocycles. The van der Waals surface area contributed by atoms with E-state index in [9.17, 15) is 0 Å². The number of aliphatic imine (C=N–C) groups is 1. The molecule has 1 rings (SSSR count). The Morgan fingerprint density at radius 3 is 2.14 bits per heavy atom. The van der Waals surface area contributed by atoms with Crippen molar-refractivity contribution in [2.24, 2.45) is 4.99 Å². The lowest BCUT2D eigenvalue weighted by atomic mass is 10.0. The summed E-state index contributed by atoms with van der Waals surface area (Å²) < 4.78 is 0. The standard InChI is InChI=1S/C19H32N2/c1-3-5-7-9-13-18(14-10-8-6-4-2)21-17-19-15-11-12-16-20-19/h11-12,15-18H,3-10,13-14H2,1-2H3. The predicted molar refractivity (Wildman–Crippen MR) is 93.1 cm³/mol. The Morgan fingerprint density at radius 2 is 1.62 bits per heavy atom. The fraction of sp³-hybridized carbons (Fsp3) is 0.684. The maximum Gasteiger partial charge on any atom is 0.0807 e. The molecule has 2 heteroatoms. The highest BCUT2D eigenvalue weighted by atomic mass is 14.8. The maximum absolute atomic E-state index is 4.80. The molecule has 0 N–H and O–H groups in total. The highest BCUT2D eigenvalue weighted by Crippen LogP contribution is 2.15. The molecular weight excluding hydrogens is 256 g/mol. The Morgan fingerprint density at radius 1 is 0.952 bits per heavy atom. The molecular formula is C19H32N2. The smallest absolute Gasteiger partial charge is 0.0807 e. The molecule has 21 heavy (non-hydrogen) atoms. The highest BCUT2D eigenvalue weighted by Gasteiger charge is 2.06. The molecule has 0 radical (unpaired) electrons. The minimum Gasteiger partial charge on any atom is -0.288 e. The first-order valence-corrected chi connectivity index (χ1v) is 8.81. The minimum absolute atomic E-state index is 0.487. The van der Waals surface area contributed by atoms with Crippen molar-refractivity contribution in [3.63, 3.8) is 0 Å². The van der Waals surface area contributed by atoms with Gasteiger partial charge in [0.05, 0.1) is 11.7 Å². The Bertz CT molecular complexity index is 347. The van der Waals surface area contributed by atoms with Gasteiger partial charge in [-0.2, -0.15) is 0 Å². The molecule has 0 aliphatic rings. The molecule has 0 aromatic carbocycles. The van der Waals surface area contributed by atoms with Crippen LogP contribution in [0.5, 0.6) is 0 Å². The van der Waals surface area contributed by atoms with E-state index in [4.69, 9.17) is 4.99 Å². The van der Waals surface area contributed by atoms with Crippen LogP contribution in [0.1, 0.15) is 83.7 Å². The van der Waals surface area contributed by atoms with E-state index in [1.165, 1.54) is 64.2 Å². The Labute approximate surface area is 131 Å². The summed E-state index contributed by atoms with van der Waals surface area (Å²) in [5.74, 6) is 0. The van der Waals surface area contributed by atoms with E-state index < -0.39 is 0 Å². The van der Waals surface area contributed by atoms with Crippen molar-refractivity contribution in [2.45, 2.75) is 84.1 Å². The zero-order chi connectivity index (χ0) is 15.2. The van der Waals surface area contributed by atoms with Crippen LogP contribution in [0, 0.1) is 0 Å². The van der Waals surface area contributed by atoms with Crippen LogP contribution in [0.4, 0.5) is 0 Å². The van der Waals surface area contributed by atoms with Crippen LogP contribution in [0.15, 0.2) is 29.4 Å². The minimum atomic E-state index is 0.487. The molecule has 0 bridgehead atoms. The van der Waals surface area contributed by atoms with Crippen LogP contribution in [0.25, 0.3) is 0 Å². The van der Waals surface area contributed by atoms with Gasteiger partial charge in [-0.1, -0.05) is 71.3 Å². The number of aromatic nitrogens is 1. The van der Waals surface area contributed by atoms with Crippen molar-refractivity contribution in [2.75, 3.05) is 0 Å². The van der Waals surface area contributed by atoms with E-state index >= 15 is 0 Å². The molecule has 1 aromatic heterocycles. The zero-order valence-corrected chi connectivity index (χ0v) is 13.9. The number of hydrogen-bond donors (Lipinski definition) is 0. The molecule has 0 saturated heterocycles. The SMILES string of the molecule is CCCCCCC(CCCCCC)N=Cc1ccccn1. The third kappa shape index (κ3) is 9.38. The zero-order valence-electron chi connectivity index (χ0n) is 13.9. The summed E-state index contributed by atoms with van der Waals surface area (Å²) in [6.45, 7) is 4.53. The molecule has 0 unspecified atom stereocenters. The van der Waals surface area contributed by atoms with Crippen molar-refractivity contribution in [3.8, 4) is 0 Å². The highest BCUT2D eigenvalue weighted by molar-refractivity contribution is 5.76. The summed E-state index contributed by atoms with van der Waals surface area (Å²) in [6, 6.07) is 6.48. The van der Waals surface area contributed by atoms with Crippen molar-refractivity contribution in [1.29, 1.82) is 0 Å². The summed E-state index contributed by atoms with van der Waals surface area (Å²) in [6.07, 6.45) is 16.9. The Hall–Kier alpha value is -1.18. The van der Waals surface area contributed by atoms with E-state index in [0.717, 1.165) is 5.69 Å². The molecule has 118 valence electrons. The van der Waals surface area contributed by atoms with Gasteiger partial charge in [0.2, 0.25) is 0 Å². The van der Waals surface area contributed by atoms with Crippen molar-refractivity contribution >= 4 is 6.21 Å². The van der Waals surface area contributed by atoms with E-state index in [1.807, 2.05) is 30.6 Å². The Balaban J connectivity index is 2.40. The first kappa shape index (κ1) is 17.9. The summed E-state index contributed by atoms with van der Waals surface area (Å²) in [5.41, 5.74) is 0.976. The first-order valence-electron chi connectivity index (χ1n) is 8.81. The number of unbranched alkanes of at least 4 members (excludes halogenated alkanes) is 6. The van der Waals surface area contributed by atoms with Gasteiger partial charge in [-0.25, -0.2) is 0 Å². The topological polar surface area (TPSA) is 25.2 Å². The van der Waals surface area contributed by atoms with Crippen LogP contribution in [-0.2, 0) is 0 Å². The van der Waals surface area contributed by atoms with E-state index in [1.54, 1.807) is 0 Å². The second-order valence-electron chi connectivity index (χ2n) is 5.89. The molecule has 1 aromatic rings. The molecule has 0 amide bonds. The van der Waals surface area contributed by atoms with Crippen molar-refractivity contribution in [3.05, 3.63) is 30.1 Å². The lowest BCUT2D eigenvalue weighted by molar-refractivity contribution is 0.496. The molecule has 0 spiro atoms. The fourth-order valence-electron chi connectivity index (χ4n) is 2.54. The molecule has 0 aliphatic heterocycles. The number of nitrogens with zero attached hydrogens (tertiary/aromatic N) is 2. The molecule has 0 atom stereocenters. The van der Waals surface area contributed by atoms with Gasteiger partial charge < -0.3 is 0 Å². The fourth-order valence-corrected chi connectivity index (χ4v) is 2.54. The summed E-state index contributed by atoms with van der Waals surface area (Å²) in [5, 5.41) is 0. The van der Waals surface area contributed by atoms with Crippen LogP contribution in [0.2, 0.25) is 0 Å². The van der Waals surface area contributed by atoms with Gasteiger partial charge >= 0.3 is 0 Å². The number of hydrogen-bond acceptors (Lipinski definition) is 2. The quantitative estimate of drug-likeness (QED) is 0.352. The molecule has 0 fully saturated rings. The third-order valence-corrected chi connectivity index (χ3v) is 3.89. The van der Waals surface area contributed by atoms with Gasteiger partial charge in [0, 0.05) is 12.4 Å². The van der Waals surface area contributed by atoms with Gasteiger partial charge in [-0.3, -0.25) is 9.98 Å². The summed E-state index contributed by atoms with van der Waals surface area (Å²) in [4.78, 5) is 9.12. The van der Waals surface area contributed by atoms with Gasteiger partial charge in [-0.05, 0) is 25.0 Å². The molecule has 2 nitrogen and oxygen atoms in total. The van der Waals surface area contributed by atoms with E-state index in [0.29, 0.717) is 6.04 Å². The second kappa shape index (κ2) is 12.6. The van der Waals surface area contributed by atoms with Gasteiger partial charge in [0.1, 0.15) is 0 Å². The van der Waals surface area contributed by atoms with Gasteiger partial charge in [0.15, 0.2) is 0 Å². The molecule has 1 heterocycles. The maximum atomic E-state index is 4.80. The van der Waals surface area contributed by atoms with E-state index in [-0.39, 0.29) is 0 Å². The van der Waals surface area contributed by atoms with Gasteiger partial charge in [-0.15, -0.1) is 0 Å². The average molecular weight is 288 g/mol. The monoisotopic (exact) mass is 288 g/mol. The van der Waals surface area contributed by atoms with Crippen LogP contribution >= 0.6 is 0 Å². The molecule has 0 saturated carbocycles. The largest absolute Gasteiger partial charge is 0.288 e. The summed E-state index contributed by atoms with van der Waals surface area (Å²) in [7, 11) is 0. The number of pyridine rings is 1. The van der Waals surface area contributed by atoms with E-state index in [2.05, 4.69) is 18.8 Å².